The van der Waals surface area contributed by atoms with Crippen molar-refractivity contribution in [2.75, 3.05) is 13.1 Å². The fourth-order valence-electron chi connectivity index (χ4n) is 3.80. The van der Waals surface area contributed by atoms with Gasteiger partial charge in [0.15, 0.2) is 0 Å². The Morgan fingerprint density at radius 1 is 1.44 bits per heavy atom. The zero-order valence-corrected chi connectivity index (χ0v) is 11.7. The minimum absolute atomic E-state index is 0.281. The Morgan fingerprint density at radius 3 is 2.89 bits per heavy atom. The maximum atomic E-state index is 4.44. The van der Waals surface area contributed by atoms with E-state index in [-0.39, 0.29) is 5.41 Å². The van der Waals surface area contributed by atoms with Gasteiger partial charge in [-0.15, -0.1) is 0 Å². The Kier molecular flexibility index (Phi) is 3.18. The number of rotatable bonds is 3. The summed E-state index contributed by atoms with van der Waals surface area (Å²) in [7, 11) is 0. The molecule has 1 aromatic rings. The van der Waals surface area contributed by atoms with Crippen LogP contribution in [-0.4, -0.2) is 22.6 Å². The molecule has 0 aromatic carbocycles. The van der Waals surface area contributed by atoms with Gasteiger partial charge in [-0.25, -0.2) is 4.98 Å². The molecule has 2 atom stereocenters. The lowest BCUT2D eigenvalue weighted by atomic mass is 9.85. The summed E-state index contributed by atoms with van der Waals surface area (Å²) < 4.78 is 2.46. The largest absolute Gasteiger partial charge is 0.331 e. The second-order valence-electron chi connectivity index (χ2n) is 6.46. The lowest BCUT2D eigenvalue weighted by Gasteiger charge is -2.29. The molecule has 2 aliphatic rings. The topological polar surface area (TPSA) is 29.9 Å². The highest BCUT2D eigenvalue weighted by molar-refractivity contribution is 5.18. The Morgan fingerprint density at radius 2 is 2.22 bits per heavy atom. The van der Waals surface area contributed by atoms with Crippen LogP contribution in [-0.2, 0) is 5.41 Å². The van der Waals surface area contributed by atoms with Crippen molar-refractivity contribution >= 4 is 0 Å². The Hall–Kier alpha value is -0.830. The van der Waals surface area contributed by atoms with Gasteiger partial charge in [0.1, 0.15) is 0 Å². The van der Waals surface area contributed by atoms with E-state index in [4.69, 9.17) is 0 Å². The van der Waals surface area contributed by atoms with Crippen molar-refractivity contribution in [3.8, 4) is 0 Å². The fourth-order valence-corrected chi connectivity index (χ4v) is 3.80. The van der Waals surface area contributed by atoms with E-state index in [1.165, 1.54) is 37.8 Å². The fraction of sp³-hybridized carbons (Fsp3) is 0.800. The lowest BCUT2D eigenvalue weighted by molar-refractivity contribution is 0.334. The summed E-state index contributed by atoms with van der Waals surface area (Å²) in [6.45, 7) is 6.99. The second kappa shape index (κ2) is 4.69. The molecule has 1 aliphatic carbocycles. The molecule has 2 unspecified atom stereocenters. The number of imidazole rings is 1. The molecule has 0 spiro atoms. The molecule has 1 aromatic heterocycles. The predicted molar refractivity (Wildman–Crippen MR) is 73.7 cm³/mol. The summed E-state index contributed by atoms with van der Waals surface area (Å²) >= 11 is 0. The standard InChI is InChI=1S/C15H25N3/c1-12(13-5-3-4-6-13)18-11-17-9-14(18)15(2)7-8-16-10-15/h9,11-13,16H,3-8,10H2,1-2H3. The van der Waals surface area contributed by atoms with Gasteiger partial charge in [0.25, 0.3) is 0 Å². The van der Waals surface area contributed by atoms with Crippen LogP contribution < -0.4 is 5.32 Å². The third-order valence-corrected chi connectivity index (χ3v) is 5.17. The van der Waals surface area contributed by atoms with E-state index in [0.29, 0.717) is 6.04 Å². The van der Waals surface area contributed by atoms with Crippen molar-refractivity contribution in [3.05, 3.63) is 18.2 Å². The normalized spacial score (nSPS) is 31.0. The molecular formula is C15H25N3. The maximum absolute atomic E-state index is 4.44. The maximum Gasteiger partial charge on any atom is 0.0950 e. The van der Waals surface area contributed by atoms with Crippen LogP contribution in [0.4, 0.5) is 0 Å². The summed E-state index contributed by atoms with van der Waals surface area (Å²) in [5.74, 6) is 0.857. The van der Waals surface area contributed by atoms with Gasteiger partial charge in [0.05, 0.1) is 6.33 Å². The Bertz CT molecular complexity index is 398. The number of aromatic nitrogens is 2. The van der Waals surface area contributed by atoms with Crippen LogP contribution >= 0.6 is 0 Å². The third-order valence-electron chi connectivity index (χ3n) is 5.17. The van der Waals surface area contributed by atoms with E-state index in [9.17, 15) is 0 Å². The van der Waals surface area contributed by atoms with Gasteiger partial charge in [0.2, 0.25) is 0 Å². The average molecular weight is 247 g/mol. The zero-order valence-electron chi connectivity index (χ0n) is 11.7. The first-order valence-corrected chi connectivity index (χ1v) is 7.44. The van der Waals surface area contributed by atoms with Crippen molar-refractivity contribution in [3.63, 3.8) is 0 Å². The first-order valence-electron chi connectivity index (χ1n) is 7.44. The van der Waals surface area contributed by atoms with Crippen LogP contribution in [0.1, 0.15) is 57.7 Å². The third kappa shape index (κ3) is 1.99. The molecule has 100 valence electrons. The molecular weight excluding hydrogens is 222 g/mol. The molecule has 1 saturated heterocycles. The van der Waals surface area contributed by atoms with Crippen molar-refractivity contribution in [2.24, 2.45) is 5.92 Å². The summed E-state index contributed by atoms with van der Waals surface area (Å²) in [4.78, 5) is 4.44. The van der Waals surface area contributed by atoms with Crippen LogP contribution in [0.3, 0.4) is 0 Å². The molecule has 1 aliphatic heterocycles. The van der Waals surface area contributed by atoms with Gasteiger partial charge >= 0.3 is 0 Å². The number of nitrogens with one attached hydrogen (secondary N) is 1. The van der Waals surface area contributed by atoms with E-state index in [1.807, 2.05) is 0 Å². The van der Waals surface area contributed by atoms with E-state index in [1.54, 1.807) is 0 Å². The average Bonchev–Trinajstić information content (AvgIpc) is 3.10. The molecule has 0 bridgehead atoms. The minimum atomic E-state index is 0.281. The highest BCUT2D eigenvalue weighted by Crippen LogP contribution is 2.37. The minimum Gasteiger partial charge on any atom is -0.331 e. The van der Waals surface area contributed by atoms with Gasteiger partial charge < -0.3 is 9.88 Å². The van der Waals surface area contributed by atoms with Gasteiger partial charge in [-0.2, -0.15) is 0 Å². The number of hydrogen-bond donors (Lipinski definition) is 1. The molecule has 0 radical (unpaired) electrons. The van der Waals surface area contributed by atoms with Crippen LogP contribution in [0.15, 0.2) is 12.5 Å². The molecule has 3 heteroatoms. The number of hydrogen-bond acceptors (Lipinski definition) is 2. The molecule has 1 N–H and O–H groups in total. The van der Waals surface area contributed by atoms with E-state index >= 15 is 0 Å². The smallest absolute Gasteiger partial charge is 0.0950 e. The highest BCUT2D eigenvalue weighted by atomic mass is 15.1. The van der Waals surface area contributed by atoms with Crippen molar-refractivity contribution in [2.45, 2.75) is 57.4 Å². The highest BCUT2D eigenvalue weighted by Gasteiger charge is 2.35. The Labute approximate surface area is 110 Å². The summed E-state index contributed by atoms with van der Waals surface area (Å²) in [5.41, 5.74) is 1.72. The van der Waals surface area contributed by atoms with E-state index in [2.05, 4.69) is 41.2 Å². The van der Waals surface area contributed by atoms with E-state index in [0.717, 1.165) is 19.0 Å². The monoisotopic (exact) mass is 247 g/mol. The van der Waals surface area contributed by atoms with Crippen molar-refractivity contribution < 1.29 is 0 Å². The zero-order chi connectivity index (χ0) is 12.6. The molecule has 3 rings (SSSR count). The quantitative estimate of drug-likeness (QED) is 0.890. The van der Waals surface area contributed by atoms with Gasteiger partial charge in [-0.3, -0.25) is 0 Å². The Balaban J connectivity index is 1.86. The summed E-state index contributed by atoms with van der Waals surface area (Å²) in [5, 5.41) is 3.50. The van der Waals surface area contributed by atoms with Crippen LogP contribution in [0.2, 0.25) is 0 Å². The van der Waals surface area contributed by atoms with Crippen LogP contribution in [0, 0.1) is 5.92 Å². The predicted octanol–water partition coefficient (Wildman–Crippen LogP) is 2.89. The molecule has 18 heavy (non-hydrogen) atoms. The molecule has 2 heterocycles. The van der Waals surface area contributed by atoms with Crippen LogP contribution in [0.5, 0.6) is 0 Å². The van der Waals surface area contributed by atoms with Gasteiger partial charge in [-0.1, -0.05) is 19.8 Å². The second-order valence-corrected chi connectivity index (χ2v) is 6.46. The number of nitrogens with zero attached hydrogens (tertiary/aromatic N) is 2. The molecule has 3 nitrogen and oxygen atoms in total. The molecule has 1 saturated carbocycles. The first-order chi connectivity index (χ1) is 8.71. The lowest BCUT2D eigenvalue weighted by Crippen LogP contribution is -2.30. The van der Waals surface area contributed by atoms with Crippen molar-refractivity contribution in [1.82, 2.24) is 14.9 Å². The van der Waals surface area contributed by atoms with Gasteiger partial charge in [-0.05, 0) is 38.6 Å². The van der Waals surface area contributed by atoms with E-state index < -0.39 is 0 Å². The van der Waals surface area contributed by atoms with Crippen molar-refractivity contribution in [1.29, 1.82) is 0 Å². The van der Waals surface area contributed by atoms with Crippen LogP contribution in [0.25, 0.3) is 0 Å². The SMILES string of the molecule is CC(C1CCCC1)n1cncc1C1(C)CCNC1. The first kappa shape index (κ1) is 12.2. The summed E-state index contributed by atoms with van der Waals surface area (Å²) in [6.07, 6.45) is 11.0. The van der Waals surface area contributed by atoms with Gasteiger partial charge in [0, 0.05) is 29.9 Å². The summed E-state index contributed by atoms with van der Waals surface area (Å²) in [6, 6.07) is 0.613. The molecule has 0 amide bonds. The molecule has 2 fully saturated rings.